The van der Waals surface area contributed by atoms with Crippen molar-refractivity contribution in [2.75, 3.05) is 26.2 Å². The second-order valence-electron chi connectivity index (χ2n) is 4.64. The van der Waals surface area contributed by atoms with Gasteiger partial charge in [-0.05, 0) is 25.9 Å². The molecule has 18 heavy (non-hydrogen) atoms. The van der Waals surface area contributed by atoms with E-state index < -0.39 is 0 Å². The van der Waals surface area contributed by atoms with Crippen molar-refractivity contribution in [3.8, 4) is 5.75 Å². The average Bonchev–Trinajstić information content (AvgIpc) is 2.86. The molecule has 2 rings (SSSR count). The molecule has 4 nitrogen and oxygen atoms in total. The minimum atomic E-state index is -0.0924. The summed E-state index contributed by atoms with van der Waals surface area (Å²) in [6, 6.07) is 1.54. The fourth-order valence-electron chi connectivity index (χ4n) is 2.18. The molecule has 1 fully saturated rings. The number of rotatable bonds is 5. The molecular weight excluding hydrogens is 252 g/mol. The highest BCUT2D eigenvalue weighted by molar-refractivity contribution is 6.16. The van der Waals surface area contributed by atoms with Crippen molar-refractivity contribution in [2.45, 2.75) is 18.7 Å². The number of halogens is 1. The number of aryl methyl sites for hydroxylation is 1. The van der Waals surface area contributed by atoms with Gasteiger partial charge in [-0.2, -0.15) is 0 Å². The largest absolute Gasteiger partial charge is 0.487 e. The Morgan fingerprint density at radius 3 is 2.78 bits per heavy atom. The number of hydrogen-bond donors (Lipinski definition) is 0. The number of likely N-dealkylation sites (tertiary alicyclic amines) is 1. The molecule has 0 radical (unpaired) electrons. The molecule has 0 spiro atoms. The van der Waals surface area contributed by atoms with Gasteiger partial charge in [0.2, 0.25) is 5.43 Å². The van der Waals surface area contributed by atoms with Gasteiger partial charge in [-0.25, -0.2) is 0 Å². The van der Waals surface area contributed by atoms with Crippen LogP contribution in [0.2, 0.25) is 0 Å². The standard InChI is InChI=1S/C13H19ClN2O2/c1-15-10-13(12(17)8-11(15)9-14)18-7-6-16-4-2-3-5-16/h8,10H,2-7,9H2,1H3. The molecule has 1 aliphatic rings. The summed E-state index contributed by atoms with van der Waals surface area (Å²) in [7, 11) is 1.87. The van der Waals surface area contributed by atoms with E-state index in [-0.39, 0.29) is 5.43 Å². The summed E-state index contributed by atoms with van der Waals surface area (Å²) in [6.45, 7) is 3.75. The lowest BCUT2D eigenvalue weighted by atomic mass is 10.3. The van der Waals surface area contributed by atoms with Crippen molar-refractivity contribution in [3.05, 3.63) is 28.2 Å². The van der Waals surface area contributed by atoms with Gasteiger partial charge in [-0.1, -0.05) is 0 Å². The predicted molar refractivity (Wildman–Crippen MR) is 72.4 cm³/mol. The Labute approximate surface area is 112 Å². The van der Waals surface area contributed by atoms with E-state index in [4.69, 9.17) is 16.3 Å². The average molecular weight is 271 g/mol. The topological polar surface area (TPSA) is 34.5 Å². The van der Waals surface area contributed by atoms with E-state index in [9.17, 15) is 4.79 Å². The number of alkyl halides is 1. The lowest BCUT2D eigenvalue weighted by molar-refractivity contribution is 0.235. The number of pyridine rings is 1. The van der Waals surface area contributed by atoms with Crippen LogP contribution in [-0.4, -0.2) is 35.7 Å². The Kier molecular flexibility index (Phi) is 4.66. The zero-order chi connectivity index (χ0) is 13.0. The summed E-state index contributed by atoms with van der Waals surface area (Å²) >= 11 is 5.74. The second-order valence-corrected chi connectivity index (χ2v) is 4.90. The molecule has 0 bridgehead atoms. The first kappa shape index (κ1) is 13.4. The van der Waals surface area contributed by atoms with Gasteiger partial charge in [-0.15, -0.1) is 11.6 Å². The van der Waals surface area contributed by atoms with Crippen LogP contribution >= 0.6 is 11.6 Å². The molecule has 0 amide bonds. The van der Waals surface area contributed by atoms with E-state index in [1.165, 1.54) is 18.9 Å². The van der Waals surface area contributed by atoms with Crippen molar-refractivity contribution in [2.24, 2.45) is 7.05 Å². The van der Waals surface area contributed by atoms with Gasteiger partial charge in [0.1, 0.15) is 6.61 Å². The van der Waals surface area contributed by atoms with Gasteiger partial charge in [0, 0.05) is 25.4 Å². The van der Waals surface area contributed by atoms with E-state index in [0.717, 1.165) is 25.3 Å². The summed E-state index contributed by atoms with van der Waals surface area (Å²) in [5.41, 5.74) is 0.707. The third-order valence-corrected chi connectivity index (χ3v) is 3.58. The number of ether oxygens (including phenoxy) is 1. The highest BCUT2D eigenvalue weighted by atomic mass is 35.5. The SMILES string of the molecule is Cn1cc(OCCN2CCCC2)c(=O)cc1CCl. The summed E-state index contributed by atoms with van der Waals surface area (Å²) in [6.07, 6.45) is 4.25. The van der Waals surface area contributed by atoms with Crippen LogP contribution in [-0.2, 0) is 12.9 Å². The van der Waals surface area contributed by atoms with E-state index in [1.807, 2.05) is 11.6 Å². The lowest BCUT2D eigenvalue weighted by Crippen LogP contribution is -2.26. The summed E-state index contributed by atoms with van der Waals surface area (Å²) in [4.78, 5) is 14.1. The normalized spacial score (nSPS) is 16.1. The smallest absolute Gasteiger partial charge is 0.223 e. The van der Waals surface area contributed by atoms with E-state index in [1.54, 1.807) is 6.20 Å². The summed E-state index contributed by atoms with van der Waals surface area (Å²) in [5.74, 6) is 0.741. The molecule has 1 aromatic rings. The van der Waals surface area contributed by atoms with E-state index >= 15 is 0 Å². The molecule has 2 heterocycles. The highest BCUT2D eigenvalue weighted by Crippen LogP contribution is 2.09. The zero-order valence-electron chi connectivity index (χ0n) is 10.7. The number of nitrogens with zero attached hydrogens (tertiary/aromatic N) is 2. The Hall–Kier alpha value is -1.00. The quantitative estimate of drug-likeness (QED) is 0.763. The van der Waals surface area contributed by atoms with Gasteiger partial charge >= 0.3 is 0 Å². The van der Waals surface area contributed by atoms with Crippen LogP contribution in [0.25, 0.3) is 0 Å². The van der Waals surface area contributed by atoms with Crippen LogP contribution in [0.15, 0.2) is 17.1 Å². The molecule has 1 saturated heterocycles. The van der Waals surface area contributed by atoms with Crippen molar-refractivity contribution < 1.29 is 4.74 Å². The Balaban J connectivity index is 1.92. The minimum absolute atomic E-state index is 0.0924. The lowest BCUT2D eigenvalue weighted by Gasteiger charge is -2.15. The molecule has 1 aromatic heterocycles. The van der Waals surface area contributed by atoms with Crippen LogP contribution in [0.4, 0.5) is 0 Å². The molecule has 0 unspecified atom stereocenters. The van der Waals surface area contributed by atoms with Crippen molar-refractivity contribution in [1.82, 2.24) is 9.47 Å². The maximum Gasteiger partial charge on any atom is 0.223 e. The fraction of sp³-hybridized carbons (Fsp3) is 0.615. The van der Waals surface area contributed by atoms with Gasteiger partial charge in [0.15, 0.2) is 5.75 Å². The van der Waals surface area contributed by atoms with E-state index in [2.05, 4.69) is 4.90 Å². The molecule has 0 aliphatic carbocycles. The highest BCUT2D eigenvalue weighted by Gasteiger charge is 2.11. The molecule has 5 heteroatoms. The number of hydrogen-bond acceptors (Lipinski definition) is 3. The summed E-state index contributed by atoms with van der Waals surface area (Å²) < 4.78 is 7.39. The molecule has 0 N–H and O–H groups in total. The van der Waals surface area contributed by atoms with Gasteiger partial charge in [0.25, 0.3) is 0 Å². The first-order chi connectivity index (χ1) is 8.70. The number of aromatic nitrogens is 1. The van der Waals surface area contributed by atoms with Crippen molar-refractivity contribution >= 4 is 11.6 Å². The van der Waals surface area contributed by atoms with Crippen LogP contribution < -0.4 is 10.2 Å². The predicted octanol–water partition coefficient (Wildman–Crippen LogP) is 1.60. The fourth-order valence-corrected chi connectivity index (χ4v) is 2.44. The Morgan fingerprint density at radius 2 is 2.11 bits per heavy atom. The van der Waals surface area contributed by atoms with Gasteiger partial charge in [0.05, 0.1) is 12.1 Å². The monoisotopic (exact) mass is 270 g/mol. The van der Waals surface area contributed by atoms with Crippen LogP contribution in [0, 0.1) is 0 Å². The molecule has 100 valence electrons. The maximum absolute atomic E-state index is 11.8. The molecule has 0 atom stereocenters. The molecule has 1 aliphatic heterocycles. The van der Waals surface area contributed by atoms with E-state index in [0.29, 0.717) is 18.2 Å². The van der Waals surface area contributed by atoms with Crippen LogP contribution in [0.5, 0.6) is 5.75 Å². The zero-order valence-corrected chi connectivity index (χ0v) is 11.4. The molecular formula is C13H19ClN2O2. The first-order valence-electron chi connectivity index (χ1n) is 6.31. The van der Waals surface area contributed by atoms with Crippen molar-refractivity contribution in [3.63, 3.8) is 0 Å². The maximum atomic E-state index is 11.8. The Bertz CT molecular complexity index is 453. The third-order valence-electron chi connectivity index (χ3n) is 3.31. The van der Waals surface area contributed by atoms with Gasteiger partial charge in [-0.3, -0.25) is 9.69 Å². The van der Waals surface area contributed by atoms with Crippen LogP contribution in [0.3, 0.4) is 0 Å². The Morgan fingerprint density at radius 1 is 1.39 bits per heavy atom. The minimum Gasteiger partial charge on any atom is -0.487 e. The van der Waals surface area contributed by atoms with Gasteiger partial charge < -0.3 is 9.30 Å². The van der Waals surface area contributed by atoms with Crippen molar-refractivity contribution in [1.29, 1.82) is 0 Å². The summed E-state index contributed by atoms with van der Waals surface area (Å²) in [5, 5.41) is 0. The molecule has 0 saturated carbocycles. The second kappa shape index (κ2) is 6.25. The molecule has 0 aromatic carbocycles. The van der Waals surface area contributed by atoms with Crippen LogP contribution in [0.1, 0.15) is 18.5 Å². The first-order valence-corrected chi connectivity index (χ1v) is 6.85. The third kappa shape index (κ3) is 3.27.